The Morgan fingerprint density at radius 2 is 1.91 bits per heavy atom. The summed E-state index contributed by atoms with van der Waals surface area (Å²) in [5.41, 5.74) is 0. The molecular weight excluding hydrogens is 140 g/mol. The lowest BCUT2D eigenvalue weighted by Gasteiger charge is -2.08. The van der Waals surface area contributed by atoms with Crippen LogP contribution in [0, 0.1) is 0 Å². The van der Waals surface area contributed by atoms with Gasteiger partial charge in [-0.25, -0.2) is 0 Å². The van der Waals surface area contributed by atoms with Gasteiger partial charge in [-0.3, -0.25) is 0 Å². The fraction of sp³-hybridized carbons (Fsp3) is 1.00. The second kappa shape index (κ2) is 4.73. The Labute approximate surface area is 68.9 Å². The molecule has 0 spiro atoms. The van der Waals surface area contributed by atoms with Crippen LogP contribution in [0.4, 0.5) is 0 Å². The summed E-state index contributed by atoms with van der Waals surface area (Å²) in [6.07, 6.45) is 4.98. The molecule has 2 heteroatoms. The molecule has 2 nitrogen and oxygen atoms in total. The van der Waals surface area contributed by atoms with Crippen LogP contribution in [-0.2, 0) is 9.47 Å². The largest absolute Gasteiger partial charge is 0.350 e. The van der Waals surface area contributed by atoms with Crippen LogP contribution in [0.25, 0.3) is 0 Å². The fourth-order valence-electron chi connectivity index (χ4n) is 1.37. The molecule has 0 aromatic rings. The number of ether oxygens (including phenoxy) is 2. The molecule has 2 atom stereocenters. The molecule has 1 fully saturated rings. The maximum Gasteiger partial charge on any atom is 0.158 e. The minimum Gasteiger partial charge on any atom is -0.350 e. The van der Waals surface area contributed by atoms with Crippen LogP contribution >= 0.6 is 0 Å². The van der Waals surface area contributed by atoms with Gasteiger partial charge in [0, 0.05) is 0 Å². The molecular formula is C9H18O2. The Morgan fingerprint density at radius 3 is 2.55 bits per heavy atom. The van der Waals surface area contributed by atoms with Crippen molar-refractivity contribution in [2.75, 3.05) is 6.61 Å². The molecule has 0 aliphatic carbocycles. The first-order valence-corrected chi connectivity index (χ1v) is 4.63. The van der Waals surface area contributed by atoms with Crippen LogP contribution in [-0.4, -0.2) is 19.0 Å². The van der Waals surface area contributed by atoms with Gasteiger partial charge in [0.2, 0.25) is 0 Å². The van der Waals surface area contributed by atoms with Crippen molar-refractivity contribution in [3.63, 3.8) is 0 Å². The lowest BCUT2D eigenvalue weighted by atomic mass is 10.2. The zero-order chi connectivity index (χ0) is 8.10. The van der Waals surface area contributed by atoms with Crippen molar-refractivity contribution < 1.29 is 9.47 Å². The van der Waals surface area contributed by atoms with E-state index >= 15 is 0 Å². The Kier molecular flexibility index (Phi) is 3.87. The van der Waals surface area contributed by atoms with E-state index in [4.69, 9.17) is 9.47 Å². The quantitative estimate of drug-likeness (QED) is 0.625. The van der Waals surface area contributed by atoms with Gasteiger partial charge in [-0.1, -0.05) is 26.7 Å². The van der Waals surface area contributed by atoms with E-state index in [0.717, 1.165) is 25.9 Å². The van der Waals surface area contributed by atoms with Gasteiger partial charge in [0.1, 0.15) is 0 Å². The van der Waals surface area contributed by atoms with E-state index in [-0.39, 0.29) is 6.29 Å². The topological polar surface area (TPSA) is 18.5 Å². The molecule has 0 radical (unpaired) electrons. The van der Waals surface area contributed by atoms with Gasteiger partial charge in [0.25, 0.3) is 0 Å². The van der Waals surface area contributed by atoms with Crippen molar-refractivity contribution in [2.45, 2.75) is 51.9 Å². The summed E-state index contributed by atoms with van der Waals surface area (Å²) in [6, 6.07) is 0. The third-order valence-electron chi connectivity index (χ3n) is 1.95. The van der Waals surface area contributed by atoms with Crippen LogP contribution in [0.1, 0.15) is 39.5 Å². The second-order valence-corrected chi connectivity index (χ2v) is 3.10. The van der Waals surface area contributed by atoms with E-state index in [2.05, 4.69) is 13.8 Å². The highest BCUT2D eigenvalue weighted by Gasteiger charge is 2.23. The Hall–Kier alpha value is -0.0800. The lowest BCUT2D eigenvalue weighted by molar-refractivity contribution is -0.0631. The van der Waals surface area contributed by atoms with Crippen LogP contribution < -0.4 is 0 Å². The predicted octanol–water partition coefficient (Wildman–Crippen LogP) is 2.33. The van der Waals surface area contributed by atoms with Gasteiger partial charge in [0.05, 0.1) is 12.7 Å². The van der Waals surface area contributed by atoms with E-state index in [1.54, 1.807) is 0 Å². The molecule has 1 saturated heterocycles. The van der Waals surface area contributed by atoms with Gasteiger partial charge in [0.15, 0.2) is 6.29 Å². The average Bonchev–Trinajstić information content (AvgIpc) is 2.38. The maximum absolute atomic E-state index is 5.62. The molecule has 1 rings (SSSR count). The molecule has 0 amide bonds. The summed E-state index contributed by atoms with van der Waals surface area (Å²) in [5, 5.41) is 0. The van der Waals surface area contributed by atoms with Crippen molar-refractivity contribution >= 4 is 0 Å². The van der Waals surface area contributed by atoms with Crippen LogP contribution in [0.3, 0.4) is 0 Å². The maximum atomic E-state index is 5.62. The molecule has 0 saturated carbocycles. The van der Waals surface area contributed by atoms with Gasteiger partial charge in [-0.2, -0.15) is 0 Å². The first kappa shape index (κ1) is 9.01. The standard InChI is InChI=1S/C9H18O2/c1-3-5-8-7-10-9(11-8)6-4-2/h8-9H,3-7H2,1-2H3. The zero-order valence-corrected chi connectivity index (χ0v) is 7.51. The molecule has 66 valence electrons. The van der Waals surface area contributed by atoms with E-state index in [0.29, 0.717) is 6.10 Å². The summed E-state index contributed by atoms with van der Waals surface area (Å²) >= 11 is 0. The number of hydrogen-bond acceptors (Lipinski definition) is 2. The Balaban J connectivity index is 2.12. The van der Waals surface area contributed by atoms with Crippen molar-refractivity contribution in [3.05, 3.63) is 0 Å². The summed E-state index contributed by atoms with van der Waals surface area (Å²) in [6.45, 7) is 5.13. The summed E-state index contributed by atoms with van der Waals surface area (Å²) < 4.78 is 11.1. The number of hydrogen-bond donors (Lipinski definition) is 0. The van der Waals surface area contributed by atoms with Crippen LogP contribution in [0.2, 0.25) is 0 Å². The molecule has 2 unspecified atom stereocenters. The first-order valence-electron chi connectivity index (χ1n) is 4.63. The van der Waals surface area contributed by atoms with Gasteiger partial charge in [-0.05, 0) is 12.8 Å². The summed E-state index contributed by atoms with van der Waals surface area (Å²) in [7, 11) is 0. The highest BCUT2D eigenvalue weighted by molar-refractivity contribution is 4.64. The lowest BCUT2D eigenvalue weighted by Crippen LogP contribution is -2.11. The smallest absolute Gasteiger partial charge is 0.158 e. The molecule has 0 bridgehead atoms. The molecule has 11 heavy (non-hydrogen) atoms. The van der Waals surface area contributed by atoms with Gasteiger partial charge < -0.3 is 9.47 Å². The van der Waals surface area contributed by atoms with Crippen molar-refractivity contribution in [3.8, 4) is 0 Å². The van der Waals surface area contributed by atoms with Crippen molar-refractivity contribution in [1.29, 1.82) is 0 Å². The van der Waals surface area contributed by atoms with E-state index in [9.17, 15) is 0 Å². The predicted molar refractivity (Wildman–Crippen MR) is 44.4 cm³/mol. The monoisotopic (exact) mass is 158 g/mol. The molecule has 1 aliphatic rings. The Morgan fingerprint density at radius 1 is 1.18 bits per heavy atom. The van der Waals surface area contributed by atoms with E-state index < -0.39 is 0 Å². The third kappa shape index (κ3) is 2.80. The van der Waals surface area contributed by atoms with Crippen LogP contribution in [0.5, 0.6) is 0 Å². The number of rotatable bonds is 4. The van der Waals surface area contributed by atoms with E-state index in [1.807, 2.05) is 0 Å². The summed E-state index contributed by atoms with van der Waals surface area (Å²) in [5.74, 6) is 0. The molecule has 1 aliphatic heterocycles. The highest BCUT2D eigenvalue weighted by atomic mass is 16.7. The SMILES string of the molecule is CCCC1COC(CCC)O1. The summed E-state index contributed by atoms with van der Waals surface area (Å²) in [4.78, 5) is 0. The Bertz CT molecular complexity index is 91.7. The molecule has 0 aromatic carbocycles. The molecule has 1 heterocycles. The van der Waals surface area contributed by atoms with Crippen molar-refractivity contribution in [1.82, 2.24) is 0 Å². The average molecular weight is 158 g/mol. The minimum atomic E-state index is 0.0940. The zero-order valence-electron chi connectivity index (χ0n) is 7.51. The highest BCUT2D eigenvalue weighted by Crippen LogP contribution is 2.18. The minimum absolute atomic E-state index is 0.0940. The van der Waals surface area contributed by atoms with Gasteiger partial charge in [-0.15, -0.1) is 0 Å². The normalized spacial score (nSPS) is 31.1. The molecule has 0 N–H and O–H groups in total. The fourth-order valence-corrected chi connectivity index (χ4v) is 1.37. The second-order valence-electron chi connectivity index (χ2n) is 3.10. The van der Waals surface area contributed by atoms with Crippen molar-refractivity contribution in [2.24, 2.45) is 0 Å². The third-order valence-corrected chi connectivity index (χ3v) is 1.95. The van der Waals surface area contributed by atoms with Crippen LogP contribution in [0.15, 0.2) is 0 Å². The van der Waals surface area contributed by atoms with Gasteiger partial charge >= 0.3 is 0 Å². The first-order chi connectivity index (χ1) is 5.36. The van der Waals surface area contributed by atoms with E-state index in [1.165, 1.54) is 6.42 Å². The molecule has 0 aromatic heterocycles.